The Bertz CT molecular complexity index is 350. The third-order valence-electron chi connectivity index (χ3n) is 2.84. The molecule has 2 fully saturated rings. The summed E-state index contributed by atoms with van der Waals surface area (Å²) < 4.78 is 5.23. The number of hydrogen-bond acceptors (Lipinski definition) is 5. The molecule has 7 heteroatoms. The molecule has 0 radical (unpaired) electrons. The Balaban J connectivity index is 1.99. The van der Waals surface area contributed by atoms with Crippen LogP contribution in [-0.4, -0.2) is 47.7 Å². The molecule has 0 saturated carbocycles. The quantitative estimate of drug-likeness (QED) is 0.481. The van der Waals surface area contributed by atoms with Crippen LogP contribution in [0.4, 0.5) is 0 Å². The van der Waals surface area contributed by atoms with Gasteiger partial charge in [-0.05, 0) is 6.92 Å². The van der Waals surface area contributed by atoms with Crippen LogP contribution < -0.4 is 10.6 Å². The van der Waals surface area contributed by atoms with Gasteiger partial charge in [0.1, 0.15) is 5.60 Å². The molecule has 0 aromatic carbocycles. The molecule has 2 atom stereocenters. The van der Waals surface area contributed by atoms with Crippen molar-refractivity contribution in [1.29, 1.82) is 0 Å². The number of rotatable bonds is 2. The van der Waals surface area contributed by atoms with Crippen LogP contribution in [0.5, 0.6) is 0 Å². The summed E-state index contributed by atoms with van der Waals surface area (Å²) in [5.41, 5.74) is -1.02. The standard InChI is InChI=1S/C9H13N3O4/c1-5-9(15,2-3-16-5)4-10-8-11-6(13)7(14)12-8/h5,15H,2-4H2,1H3,(H2,10,11,12,13,14). The molecule has 2 heterocycles. The predicted octanol–water partition coefficient (Wildman–Crippen LogP) is -1.87. The molecule has 0 bridgehead atoms. The molecule has 0 aliphatic carbocycles. The van der Waals surface area contributed by atoms with Crippen molar-refractivity contribution in [1.82, 2.24) is 10.6 Å². The first kappa shape index (κ1) is 11.0. The largest absolute Gasteiger partial charge is 0.385 e. The lowest BCUT2D eigenvalue weighted by atomic mass is 9.97. The zero-order valence-electron chi connectivity index (χ0n) is 8.82. The zero-order valence-corrected chi connectivity index (χ0v) is 8.82. The maximum atomic E-state index is 10.8. The average Bonchev–Trinajstić information content (AvgIpc) is 2.71. The van der Waals surface area contributed by atoms with Gasteiger partial charge in [0.2, 0.25) is 5.96 Å². The molecule has 2 aliphatic heterocycles. The van der Waals surface area contributed by atoms with E-state index in [1.165, 1.54) is 0 Å². The molecule has 0 aromatic heterocycles. The third-order valence-corrected chi connectivity index (χ3v) is 2.84. The molecule has 88 valence electrons. The van der Waals surface area contributed by atoms with Crippen LogP contribution in [0.3, 0.4) is 0 Å². The average molecular weight is 227 g/mol. The molecule has 3 N–H and O–H groups in total. The number of carbonyl (C=O) groups is 2. The highest BCUT2D eigenvalue weighted by molar-refractivity contribution is 6.45. The first-order valence-electron chi connectivity index (χ1n) is 5.02. The maximum Gasteiger partial charge on any atom is 0.316 e. The lowest BCUT2D eigenvalue weighted by Crippen LogP contribution is -2.40. The fourth-order valence-electron chi connectivity index (χ4n) is 1.63. The second kappa shape index (κ2) is 3.84. The molecule has 7 nitrogen and oxygen atoms in total. The minimum atomic E-state index is -1.02. The van der Waals surface area contributed by atoms with Gasteiger partial charge in [-0.3, -0.25) is 20.2 Å². The molecule has 2 saturated heterocycles. The van der Waals surface area contributed by atoms with E-state index in [2.05, 4.69) is 15.6 Å². The Hall–Kier alpha value is -1.47. The van der Waals surface area contributed by atoms with Crippen LogP contribution in [-0.2, 0) is 14.3 Å². The first-order chi connectivity index (χ1) is 7.51. The van der Waals surface area contributed by atoms with Crippen molar-refractivity contribution in [3.8, 4) is 0 Å². The summed E-state index contributed by atoms with van der Waals surface area (Å²) in [5, 5.41) is 14.6. The minimum Gasteiger partial charge on any atom is -0.385 e. The van der Waals surface area contributed by atoms with E-state index in [1.807, 2.05) is 0 Å². The highest BCUT2D eigenvalue weighted by Gasteiger charge is 2.39. The summed E-state index contributed by atoms with van der Waals surface area (Å²) in [4.78, 5) is 25.6. The zero-order chi connectivity index (χ0) is 11.8. The Kier molecular flexibility index (Phi) is 2.64. The summed E-state index contributed by atoms with van der Waals surface area (Å²) in [6.07, 6.45) is 0.192. The van der Waals surface area contributed by atoms with E-state index in [1.54, 1.807) is 6.92 Å². The molecule has 0 spiro atoms. The lowest BCUT2D eigenvalue weighted by Gasteiger charge is -2.23. The van der Waals surface area contributed by atoms with Crippen LogP contribution >= 0.6 is 0 Å². The number of nitrogens with one attached hydrogen (secondary N) is 2. The minimum absolute atomic E-state index is 0.0857. The second-order valence-corrected chi connectivity index (χ2v) is 3.94. The van der Waals surface area contributed by atoms with E-state index in [0.717, 1.165) is 0 Å². The van der Waals surface area contributed by atoms with Crippen molar-refractivity contribution >= 4 is 17.8 Å². The van der Waals surface area contributed by atoms with Crippen LogP contribution in [0.1, 0.15) is 13.3 Å². The summed E-state index contributed by atoms with van der Waals surface area (Å²) in [6.45, 7) is 2.34. The van der Waals surface area contributed by atoms with Crippen molar-refractivity contribution in [2.75, 3.05) is 13.2 Å². The number of amides is 2. The van der Waals surface area contributed by atoms with E-state index < -0.39 is 17.4 Å². The molecule has 2 unspecified atom stereocenters. The number of hydrogen-bond donors (Lipinski definition) is 3. The molecular weight excluding hydrogens is 214 g/mol. The lowest BCUT2D eigenvalue weighted by molar-refractivity contribution is -0.135. The summed E-state index contributed by atoms with van der Waals surface area (Å²) in [5.74, 6) is -1.38. The third kappa shape index (κ3) is 1.91. The van der Waals surface area contributed by atoms with E-state index in [0.29, 0.717) is 13.0 Å². The number of ether oxygens (including phenoxy) is 1. The molecule has 2 amide bonds. The number of aliphatic hydroxyl groups is 1. The first-order valence-corrected chi connectivity index (χ1v) is 5.02. The number of guanidine groups is 1. The van der Waals surface area contributed by atoms with E-state index in [-0.39, 0.29) is 18.6 Å². The van der Waals surface area contributed by atoms with E-state index in [4.69, 9.17) is 4.74 Å². The normalized spacial score (nSPS) is 33.9. The van der Waals surface area contributed by atoms with Gasteiger partial charge in [0.25, 0.3) is 0 Å². The van der Waals surface area contributed by atoms with Crippen LogP contribution in [0.2, 0.25) is 0 Å². The highest BCUT2D eigenvalue weighted by Crippen LogP contribution is 2.25. The predicted molar refractivity (Wildman–Crippen MR) is 53.6 cm³/mol. The highest BCUT2D eigenvalue weighted by atomic mass is 16.5. The fraction of sp³-hybridized carbons (Fsp3) is 0.667. The molecule has 16 heavy (non-hydrogen) atoms. The van der Waals surface area contributed by atoms with Crippen molar-refractivity contribution in [3.63, 3.8) is 0 Å². The van der Waals surface area contributed by atoms with Crippen molar-refractivity contribution < 1.29 is 19.4 Å². The van der Waals surface area contributed by atoms with Gasteiger partial charge in [0.05, 0.1) is 12.6 Å². The number of carbonyl (C=O) groups excluding carboxylic acids is 2. The van der Waals surface area contributed by atoms with Crippen LogP contribution in [0, 0.1) is 0 Å². The molecule has 0 aromatic rings. The van der Waals surface area contributed by atoms with Gasteiger partial charge in [0, 0.05) is 13.0 Å². The van der Waals surface area contributed by atoms with Gasteiger partial charge < -0.3 is 9.84 Å². The van der Waals surface area contributed by atoms with Gasteiger partial charge in [0.15, 0.2) is 0 Å². The van der Waals surface area contributed by atoms with Crippen molar-refractivity contribution in [2.24, 2.45) is 4.99 Å². The Labute approximate surface area is 91.9 Å². The van der Waals surface area contributed by atoms with Crippen molar-refractivity contribution in [2.45, 2.75) is 25.0 Å². The van der Waals surface area contributed by atoms with Gasteiger partial charge in [-0.2, -0.15) is 0 Å². The summed E-state index contributed by atoms with van der Waals surface area (Å²) >= 11 is 0. The monoisotopic (exact) mass is 227 g/mol. The SMILES string of the molecule is CC1OCCC1(O)CN=C1NC(=O)C(=O)N1. The Morgan fingerprint density at radius 2 is 2.12 bits per heavy atom. The summed E-state index contributed by atoms with van der Waals surface area (Å²) in [6, 6.07) is 0. The number of nitrogens with zero attached hydrogens (tertiary/aromatic N) is 1. The topological polar surface area (TPSA) is 100 Å². The smallest absolute Gasteiger partial charge is 0.316 e. The molecular formula is C9H13N3O4. The maximum absolute atomic E-state index is 10.8. The molecule has 2 rings (SSSR count). The Morgan fingerprint density at radius 1 is 1.50 bits per heavy atom. The van der Waals surface area contributed by atoms with Gasteiger partial charge in [-0.15, -0.1) is 0 Å². The van der Waals surface area contributed by atoms with Crippen LogP contribution in [0.15, 0.2) is 4.99 Å². The van der Waals surface area contributed by atoms with Gasteiger partial charge >= 0.3 is 11.8 Å². The fourth-order valence-corrected chi connectivity index (χ4v) is 1.63. The Morgan fingerprint density at radius 3 is 2.62 bits per heavy atom. The van der Waals surface area contributed by atoms with Crippen LogP contribution in [0.25, 0.3) is 0 Å². The molecule has 2 aliphatic rings. The number of aliphatic imine (C=N–C) groups is 1. The second-order valence-electron chi connectivity index (χ2n) is 3.94. The van der Waals surface area contributed by atoms with Gasteiger partial charge in [-0.25, -0.2) is 4.99 Å². The van der Waals surface area contributed by atoms with Crippen molar-refractivity contribution in [3.05, 3.63) is 0 Å². The van der Waals surface area contributed by atoms with Gasteiger partial charge in [-0.1, -0.05) is 0 Å². The van der Waals surface area contributed by atoms with E-state index in [9.17, 15) is 14.7 Å². The summed E-state index contributed by atoms with van der Waals surface area (Å²) in [7, 11) is 0. The van der Waals surface area contributed by atoms with E-state index >= 15 is 0 Å².